The van der Waals surface area contributed by atoms with Crippen molar-refractivity contribution in [2.75, 3.05) is 0 Å². The molecule has 0 bridgehead atoms. The zero-order valence-electron chi connectivity index (χ0n) is 14.5. The highest BCUT2D eigenvalue weighted by Crippen LogP contribution is 2.48. The Labute approximate surface area is 145 Å². The smallest absolute Gasteiger partial charge is 0.405 e. The van der Waals surface area contributed by atoms with E-state index in [4.69, 9.17) is 10.5 Å². The van der Waals surface area contributed by atoms with Gasteiger partial charge in [-0.1, -0.05) is 32.9 Å². The molecule has 0 spiro atoms. The molecule has 0 saturated heterocycles. The number of nitrogens with two attached hydrogens (primary N) is 1. The Kier molecular flexibility index (Phi) is 4.27. The van der Waals surface area contributed by atoms with E-state index in [1.807, 2.05) is 20.8 Å². The minimum Gasteiger partial charge on any atom is -0.441 e. The van der Waals surface area contributed by atoms with E-state index in [0.717, 1.165) is 5.56 Å². The fourth-order valence-corrected chi connectivity index (χ4v) is 3.60. The van der Waals surface area contributed by atoms with Crippen LogP contribution in [0.15, 0.2) is 30.3 Å². The number of ether oxygens (including phenoxy) is 1. The Hall–Kier alpha value is -2.43. The molecule has 25 heavy (non-hydrogen) atoms. The highest BCUT2D eigenvalue weighted by molar-refractivity contribution is 5.68. The van der Waals surface area contributed by atoms with Crippen molar-refractivity contribution in [1.82, 2.24) is 0 Å². The molecule has 3 nitrogen and oxygen atoms in total. The number of hydrogen-bond donors (Lipinski definition) is 1. The van der Waals surface area contributed by atoms with E-state index in [9.17, 15) is 13.6 Å². The fraction of sp³-hybridized carbons (Fsp3) is 0.350. The maximum absolute atomic E-state index is 14.7. The van der Waals surface area contributed by atoms with Crippen LogP contribution < -0.4 is 5.73 Å². The van der Waals surface area contributed by atoms with Crippen molar-refractivity contribution in [3.8, 4) is 11.1 Å². The summed E-state index contributed by atoms with van der Waals surface area (Å²) in [7, 11) is 0. The summed E-state index contributed by atoms with van der Waals surface area (Å²) in [6.45, 7) is 5.75. The van der Waals surface area contributed by atoms with E-state index >= 15 is 0 Å². The summed E-state index contributed by atoms with van der Waals surface area (Å²) in [4.78, 5) is 11.2. The third kappa shape index (κ3) is 3.11. The molecule has 1 aliphatic rings. The number of carbonyl (C=O) groups is 1. The van der Waals surface area contributed by atoms with E-state index in [-0.39, 0.29) is 11.2 Å². The Morgan fingerprint density at radius 2 is 1.96 bits per heavy atom. The average molecular weight is 345 g/mol. The molecule has 0 aliphatic heterocycles. The number of primary amides is 1. The lowest BCUT2D eigenvalue weighted by atomic mass is 9.87. The van der Waals surface area contributed by atoms with Gasteiger partial charge in [0.1, 0.15) is 17.7 Å². The van der Waals surface area contributed by atoms with Crippen LogP contribution in [-0.2, 0) is 17.6 Å². The lowest BCUT2D eigenvalue weighted by molar-refractivity contribution is 0.0391. The van der Waals surface area contributed by atoms with Crippen LogP contribution in [0.4, 0.5) is 13.6 Å². The topological polar surface area (TPSA) is 52.3 Å². The normalized spacial score (nSPS) is 18.0. The van der Waals surface area contributed by atoms with Crippen LogP contribution in [0.25, 0.3) is 11.1 Å². The largest absolute Gasteiger partial charge is 0.441 e. The Bertz CT molecular complexity index is 846. The standard InChI is InChI=1S/C20H21F2NO2/c1-4-11-5-6-12(8-16(11)21)14-7-13-10-20(2,3)18(25-19(23)24)15(13)9-17(14)22/h5-9,18H,4,10H2,1-3H3,(H2,23,24)/t18-/m0/s1. The number of aryl methyl sites for hydroxylation is 1. The third-order valence-electron chi connectivity index (χ3n) is 4.85. The van der Waals surface area contributed by atoms with Crippen LogP contribution >= 0.6 is 0 Å². The minimum atomic E-state index is -0.882. The first-order chi connectivity index (χ1) is 11.7. The monoisotopic (exact) mass is 345 g/mol. The second-order valence-corrected chi connectivity index (χ2v) is 7.17. The van der Waals surface area contributed by atoms with Gasteiger partial charge in [0, 0.05) is 11.0 Å². The summed E-state index contributed by atoms with van der Waals surface area (Å²) >= 11 is 0. The van der Waals surface area contributed by atoms with Crippen molar-refractivity contribution in [1.29, 1.82) is 0 Å². The predicted octanol–water partition coefficient (Wildman–Crippen LogP) is 4.91. The van der Waals surface area contributed by atoms with E-state index < -0.39 is 18.0 Å². The zero-order valence-corrected chi connectivity index (χ0v) is 14.5. The molecule has 2 aromatic carbocycles. The molecular formula is C20H21F2NO2. The van der Waals surface area contributed by atoms with Crippen molar-refractivity contribution < 1.29 is 18.3 Å². The van der Waals surface area contributed by atoms with Crippen molar-refractivity contribution in [2.24, 2.45) is 11.1 Å². The number of halogens is 2. The summed E-state index contributed by atoms with van der Waals surface area (Å²) in [5.41, 5.74) is 7.71. The van der Waals surface area contributed by atoms with Gasteiger partial charge >= 0.3 is 6.09 Å². The number of amides is 1. The molecule has 2 N–H and O–H groups in total. The first-order valence-electron chi connectivity index (χ1n) is 8.30. The van der Waals surface area contributed by atoms with Gasteiger partial charge in [-0.3, -0.25) is 0 Å². The van der Waals surface area contributed by atoms with Crippen molar-refractivity contribution in [3.05, 3.63) is 58.7 Å². The van der Waals surface area contributed by atoms with E-state index in [0.29, 0.717) is 35.1 Å². The first kappa shape index (κ1) is 17.4. The average Bonchev–Trinajstić information content (AvgIpc) is 2.76. The molecule has 0 saturated carbocycles. The molecule has 1 atom stereocenters. The van der Waals surface area contributed by atoms with Gasteiger partial charge in [-0.05, 0) is 53.3 Å². The van der Waals surface area contributed by atoms with Crippen LogP contribution in [0.5, 0.6) is 0 Å². The minimum absolute atomic E-state index is 0.338. The van der Waals surface area contributed by atoms with Gasteiger partial charge in [0.05, 0.1) is 0 Å². The molecule has 0 aromatic heterocycles. The fourth-order valence-electron chi connectivity index (χ4n) is 3.60. The molecule has 3 rings (SSSR count). The predicted molar refractivity (Wildman–Crippen MR) is 92.1 cm³/mol. The molecule has 2 aromatic rings. The van der Waals surface area contributed by atoms with Gasteiger partial charge in [0.15, 0.2) is 0 Å². The summed E-state index contributed by atoms with van der Waals surface area (Å²) in [5, 5.41) is 0. The van der Waals surface area contributed by atoms with E-state index in [1.165, 1.54) is 12.1 Å². The van der Waals surface area contributed by atoms with Crippen LogP contribution in [-0.4, -0.2) is 6.09 Å². The number of carbonyl (C=O) groups excluding carboxylic acids is 1. The van der Waals surface area contributed by atoms with E-state index in [1.54, 1.807) is 18.2 Å². The summed E-state index contributed by atoms with van der Waals surface area (Å²) in [6, 6.07) is 7.86. The Morgan fingerprint density at radius 3 is 2.56 bits per heavy atom. The Balaban J connectivity index is 2.07. The molecule has 0 heterocycles. The summed E-state index contributed by atoms with van der Waals surface area (Å²) < 4.78 is 34.0. The lowest BCUT2D eigenvalue weighted by Gasteiger charge is -2.26. The van der Waals surface area contributed by atoms with Gasteiger partial charge in [-0.15, -0.1) is 0 Å². The van der Waals surface area contributed by atoms with Gasteiger partial charge < -0.3 is 10.5 Å². The van der Waals surface area contributed by atoms with Crippen LogP contribution in [0.1, 0.15) is 43.6 Å². The molecule has 0 unspecified atom stereocenters. The van der Waals surface area contributed by atoms with E-state index in [2.05, 4.69) is 0 Å². The maximum atomic E-state index is 14.7. The van der Waals surface area contributed by atoms with Crippen molar-refractivity contribution in [2.45, 2.75) is 39.7 Å². The Morgan fingerprint density at radius 1 is 1.24 bits per heavy atom. The van der Waals surface area contributed by atoms with Crippen LogP contribution in [0.3, 0.4) is 0 Å². The highest BCUT2D eigenvalue weighted by atomic mass is 19.1. The van der Waals surface area contributed by atoms with Gasteiger partial charge in [-0.2, -0.15) is 0 Å². The number of hydrogen-bond acceptors (Lipinski definition) is 2. The van der Waals surface area contributed by atoms with Crippen LogP contribution in [0.2, 0.25) is 0 Å². The summed E-state index contributed by atoms with van der Waals surface area (Å²) in [6.07, 6.45) is -0.280. The second-order valence-electron chi connectivity index (χ2n) is 7.17. The SMILES string of the molecule is CCc1ccc(-c2cc3c(cc2F)[C@H](OC(N)=O)C(C)(C)C3)cc1F. The molecule has 132 valence electrons. The van der Waals surface area contributed by atoms with Gasteiger partial charge in [0.25, 0.3) is 0 Å². The second kappa shape index (κ2) is 6.14. The lowest BCUT2D eigenvalue weighted by Crippen LogP contribution is -2.25. The van der Waals surface area contributed by atoms with Crippen molar-refractivity contribution >= 4 is 6.09 Å². The molecule has 0 fully saturated rings. The van der Waals surface area contributed by atoms with Gasteiger partial charge in [-0.25, -0.2) is 13.6 Å². The summed E-state index contributed by atoms with van der Waals surface area (Å²) in [5.74, 6) is -0.812. The maximum Gasteiger partial charge on any atom is 0.405 e. The van der Waals surface area contributed by atoms with Crippen LogP contribution in [0, 0.1) is 17.0 Å². The highest BCUT2D eigenvalue weighted by Gasteiger charge is 2.42. The zero-order chi connectivity index (χ0) is 18.4. The number of rotatable bonds is 3. The molecular weight excluding hydrogens is 324 g/mol. The first-order valence-corrected chi connectivity index (χ1v) is 8.30. The van der Waals surface area contributed by atoms with Crippen molar-refractivity contribution in [3.63, 3.8) is 0 Å². The molecule has 1 amide bonds. The number of benzene rings is 2. The quantitative estimate of drug-likeness (QED) is 0.859. The molecule has 1 aliphatic carbocycles. The number of fused-ring (bicyclic) bond motifs is 1. The molecule has 5 heteroatoms. The third-order valence-corrected chi connectivity index (χ3v) is 4.85. The van der Waals surface area contributed by atoms with Gasteiger partial charge in [0.2, 0.25) is 0 Å². The molecule has 0 radical (unpaired) electrons.